The van der Waals surface area contributed by atoms with Crippen LogP contribution in [-0.2, 0) is 14.9 Å². The predicted octanol–water partition coefficient (Wildman–Crippen LogP) is 5.07. The van der Waals surface area contributed by atoms with Crippen molar-refractivity contribution in [2.24, 2.45) is 0 Å². The molecule has 0 saturated heterocycles. The Bertz CT molecular complexity index is 1060. The van der Waals surface area contributed by atoms with Gasteiger partial charge in [0.1, 0.15) is 4.88 Å². The normalized spacial score (nSPS) is 12.1. The van der Waals surface area contributed by atoms with Crippen molar-refractivity contribution >= 4 is 39.8 Å². The number of furan rings is 1. The van der Waals surface area contributed by atoms with Crippen LogP contribution in [0.1, 0.15) is 53.5 Å². The second-order valence-electron chi connectivity index (χ2n) is 7.96. The summed E-state index contributed by atoms with van der Waals surface area (Å²) in [5.74, 6) is -1.33. The number of carbonyl (C=O) groups excluding carboxylic acids is 3. The first kappa shape index (κ1) is 22.3. The summed E-state index contributed by atoms with van der Waals surface area (Å²) < 4.78 is 10.3. The van der Waals surface area contributed by atoms with Crippen molar-refractivity contribution < 1.29 is 23.5 Å². The van der Waals surface area contributed by atoms with E-state index in [0.717, 1.165) is 16.9 Å². The molecule has 0 spiro atoms. The number of benzene rings is 1. The Hall–Kier alpha value is -3.39. The van der Waals surface area contributed by atoms with Crippen LogP contribution in [0.25, 0.3) is 0 Å². The number of amides is 2. The Morgan fingerprint density at radius 2 is 1.71 bits per heavy atom. The molecular formula is C23H24N2O5S. The minimum Gasteiger partial charge on any atom is -0.459 e. The van der Waals surface area contributed by atoms with E-state index < -0.39 is 23.9 Å². The lowest BCUT2D eigenvalue weighted by Gasteiger charge is -2.19. The Morgan fingerprint density at radius 1 is 1.00 bits per heavy atom. The molecule has 1 aromatic carbocycles. The maximum Gasteiger partial charge on any atom is 0.349 e. The topological polar surface area (TPSA) is 97.6 Å². The van der Waals surface area contributed by atoms with Crippen molar-refractivity contribution in [1.82, 2.24) is 0 Å². The lowest BCUT2D eigenvalue weighted by molar-refractivity contribution is -0.123. The van der Waals surface area contributed by atoms with Gasteiger partial charge in [0, 0.05) is 5.69 Å². The molecule has 0 bridgehead atoms. The highest BCUT2D eigenvalue weighted by Crippen LogP contribution is 2.25. The van der Waals surface area contributed by atoms with Gasteiger partial charge < -0.3 is 19.8 Å². The molecule has 1 atom stereocenters. The number of anilines is 2. The average Bonchev–Trinajstić information content (AvgIpc) is 3.40. The molecule has 2 N–H and O–H groups in total. The number of ether oxygens (including phenoxy) is 1. The molecule has 2 amide bonds. The van der Waals surface area contributed by atoms with E-state index in [9.17, 15) is 14.4 Å². The molecule has 0 aliphatic rings. The molecule has 162 valence electrons. The quantitative estimate of drug-likeness (QED) is 0.521. The van der Waals surface area contributed by atoms with Crippen molar-refractivity contribution in [2.75, 3.05) is 10.6 Å². The van der Waals surface area contributed by atoms with Crippen molar-refractivity contribution in [3.05, 3.63) is 71.0 Å². The number of carbonyl (C=O) groups is 3. The molecule has 31 heavy (non-hydrogen) atoms. The van der Waals surface area contributed by atoms with Gasteiger partial charge in [0.2, 0.25) is 0 Å². The third kappa shape index (κ3) is 5.82. The van der Waals surface area contributed by atoms with E-state index in [1.165, 1.54) is 25.3 Å². The van der Waals surface area contributed by atoms with Crippen LogP contribution < -0.4 is 10.6 Å². The maximum absolute atomic E-state index is 12.4. The van der Waals surface area contributed by atoms with Crippen molar-refractivity contribution in [3.63, 3.8) is 0 Å². The predicted molar refractivity (Wildman–Crippen MR) is 120 cm³/mol. The van der Waals surface area contributed by atoms with E-state index in [-0.39, 0.29) is 16.1 Å². The molecule has 0 radical (unpaired) electrons. The van der Waals surface area contributed by atoms with Gasteiger partial charge in [0.25, 0.3) is 11.8 Å². The largest absolute Gasteiger partial charge is 0.459 e. The third-order valence-electron chi connectivity index (χ3n) is 4.46. The summed E-state index contributed by atoms with van der Waals surface area (Å²) in [6.07, 6.45) is 0.412. The van der Waals surface area contributed by atoms with E-state index in [2.05, 4.69) is 31.4 Å². The SMILES string of the molecule is CC(OC(=O)c1ccc(NC(=O)c2ccco2)s1)C(=O)Nc1ccc(C(C)(C)C)cc1. The van der Waals surface area contributed by atoms with E-state index in [1.807, 2.05) is 24.3 Å². The first-order valence-corrected chi connectivity index (χ1v) is 10.5. The molecule has 0 saturated carbocycles. The molecule has 8 heteroatoms. The van der Waals surface area contributed by atoms with Gasteiger partial charge in [-0.2, -0.15) is 0 Å². The summed E-state index contributed by atoms with van der Waals surface area (Å²) >= 11 is 1.05. The zero-order valence-corrected chi connectivity index (χ0v) is 18.5. The summed E-state index contributed by atoms with van der Waals surface area (Å²) in [7, 11) is 0. The summed E-state index contributed by atoms with van der Waals surface area (Å²) in [5.41, 5.74) is 1.79. The van der Waals surface area contributed by atoms with Crippen LogP contribution in [0.2, 0.25) is 0 Å². The molecule has 0 aliphatic heterocycles. The summed E-state index contributed by atoms with van der Waals surface area (Å²) in [6.45, 7) is 7.84. The molecule has 0 aliphatic carbocycles. The molecule has 3 rings (SSSR count). The fourth-order valence-electron chi connectivity index (χ4n) is 2.67. The van der Waals surface area contributed by atoms with Crippen LogP contribution in [-0.4, -0.2) is 23.9 Å². The third-order valence-corrected chi connectivity index (χ3v) is 5.44. The molecule has 2 aromatic heterocycles. The monoisotopic (exact) mass is 440 g/mol. The van der Waals surface area contributed by atoms with Gasteiger partial charge in [-0.1, -0.05) is 32.9 Å². The highest BCUT2D eigenvalue weighted by molar-refractivity contribution is 7.18. The fraction of sp³-hybridized carbons (Fsp3) is 0.261. The van der Waals surface area contributed by atoms with E-state index in [4.69, 9.17) is 9.15 Å². The summed E-state index contributed by atoms with van der Waals surface area (Å²) in [4.78, 5) is 37.0. The lowest BCUT2D eigenvalue weighted by Crippen LogP contribution is -2.29. The highest BCUT2D eigenvalue weighted by Gasteiger charge is 2.21. The number of hydrogen-bond donors (Lipinski definition) is 2. The zero-order valence-electron chi connectivity index (χ0n) is 17.7. The van der Waals surface area contributed by atoms with Crippen LogP contribution in [0.5, 0.6) is 0 Å². The summed E-state index contributed by atoms with van der Waals surface area (Å²) in [5, 5.41) is 5.85. The standard InChI is InChI=1S/C23H24N2O5S/c1-14(20(26)24-16-9-7-15(8-10-16)23(2,3)4)30-22(28)18-11-12-19(31-18)25-21(27)17-6-5-13-29-17/h5-14H,1-4H3,(H,24,26)(H,25,27). The van der Waals surface area contributed by atoms with Crippen LogP contribution in [0.3, 0.4) is 0 Å². The zero-order chi connectivity index (χ0) is 22.6. The second-order valence-corrected chi connectivity index (χ2v) is 9.04. The van der Waals surface area contributed by atoms with Crippen molar-refractivity contribution in [3.8, 4) is 0 Å². The Morgan fingerprint density at radius 3 is 2.32 bits per heavy atom. The molecule has 0 fully saturated rings. The number of hydrogen-bond acceptors (Lipinski definition) is 6. The van der Waals surface area contributed by atoms with Gasteiger partial charge in [-0.05, 0) is 54.3 Å². The molecular weight excluding hydrogens is 416 g/mol. The van der Waals surface area contributed by atoms with Gasteiger partial charge in [-0.3, -0.25) is 9.59 Å². The molecule has 7 nitrogen and oxygen atoms in total. The average molecular weight is 441 g/mol. The van der Waals surface area contributed by atoms with Gasteiger partial charge in [0.05, 0.1) is 11.3 Å². The van der Waals surface area contributed by atoms with Crippen LogP contribution in [0.4, 0.5) is 10.7 Å². The van der Waals surface area contributed by atoms with Gasteiger partial charge in [0.15, 0.2) is 11.9 Å². The number of rotatable bonds is 6. The first-order chi connectivity index (χ1) is 14.6. The molecule has 3 aromatic rings. The fourth-order valence-corrected chi connectivity index (χ4v) is 3.45. The van der Waals surface area contributed by atoms with Crippen molar-refractivity contribution in [2.45, 2.75) is 39.2 Å². The smallest absolute Gasteiger partial charge is 0.349 e. The number of thiophene rings is 1. The van der Waals surface area contributed by atoms with Gasteiger partial charge in [-0.25, -0.2) is 4.79 Å². The van der Waals surface area contributed by atoms with Crippen LogP contribution >= 0.6 is 11.3 Å². The van der Waals surface area contributed by atoms with Gasteiger partial charge in [-0.15, -0.1) is 11.3 Å². The number of esters is 1. The summed E-state index contributed by atoms with van der Waals surface area (Å²) in [6, 6.07) is 13.8. The van der Waals surface area contributed by atoms with Crippen LogP contribution in [0.15, 0.2) is 59.2 Å². The minimum absolute atomic E-state index is 0.0162. The Balaban J connectivity index is 1.54. The maximum atomic E-state index is 12.4. The van der Waals surface area contributed by atoms with Crippen molar-refractivity contribution in [1.29, 1.82) is 0 Å². The van der Waals surface area contributed by atoms with Crippen LogP contribution in [0, 0.1) is 0 Å². The van der Waals surface area contributed by atoms with E-state index in [1.54, 1.807) is 12.1 Å². The number of nitrogens with one attached hydrogen (secondary N) is 2. The highest BCUT2D eigenvalue weighted by atomic mass is 32.1. The van der Waals surface area contributed by atoms with E-state index >= 15 is 0 Å². The first-order valence-electron chi connectivity index (χ1n) is 9.70. The molecule has 2 heterocycles. The Labute approximate surface area is 184 Å². The Kier molecular flexibility index (Phi) is 6.60. The van der Waals surface area contributed by atoms with E-state index in [0.29, 0.717) is 10.7 Å². The second kappa shape index (κ2) is 9.18. The molecule has 1 unspecified atom stereocenters. The van der Waals surface area contributed by atoms with Gasteiger partial charge >= 0.3 is 5.97 Å². The minimum atomic E-state index is -0.988. The lowest BCUT2D eigenvalue weighted by atomic mass is 9.87.